The smallest absolute Gasteiger partial charge is 0.257 e. The number of aryl methyl sites for hydroxylation is 1. The first-order valence-electron chi connectivity index (χ1n) is 10.2. The number of amides is 1. The Morgan fingerprint density at radius 3 is 2.93 bits per heavy atom. The molecular weight excluding hydrogens is 390 g/mol. The van der Waals surface area contributed by atoms with Crippen LogP contribution in [-0.4, -0.2) is 55.3 Å². The van der Waals surface area contributed by atoms with Crippen molar-refractivity contribution in [3.05, 3.63) is 40.2 Å². The van der Waals surface area contributed by atoms with Crippen molar-refractivity contribution in [3.8, 4) is 5.88 Å². The number of carbonyl (C=O) groups excluding carboxylic acids is 1. The van der Waals surface area contributed by atoms with Crippen LogP contribution in [0.15, 0.2) is 28.5 Å². The summed E-state index contributed by atoms with van der Waals surface area (Å²) in [6.45, 7) is 1.33. The van der Waals surface area contributed by atoms with Gasteiger partial charge < -0.3 is 9.64 Å². The first-order valence-corrected chi connectivity index (χ1v) is 11.1. The fourth-order valence-electron chi connectivity index (χ4n) is 4.38. The van der Waals surface area contributed by atoms with Crippen LogP contribution >= 0.6 is 11.8 Å². The first kappa shape index (κ1) is 18.6. The third kappa shape index (κ3) is 3.63. The Kier molecular flexibility index (Phi) is 4.99. The van der Waals surface area contributed by atoms with Gasteiger partial charge in [0, 0.05) is 55.9 Å². The molecule has 9 heteroatoms. The van der Waals surface area contributed by atoms with Crippen molar-refractivity contribution in [2.24, 2.45) is 0 Å². The Hall–Kier alpha value is -2.42. The van der Waals surface area contributed by atoms with Gasteiger partial charge in [-0.15, -0.1) is 0 Å². The maximum Gasteiger partial charge on any atom is 0.257 e. The van der Waals surface area contributed by atoms with E-state index in [-0.39, 0.29) is 23.6 Å². The van der Waals surface area contributed by atoms with Gasteiger partial charge >= 0.3 is 0 Å². The SMILES string of the molecule is O=C(CC1CSc2nc3c(c(=O)n21)CCC3)N1CCC(Oc2ccncn2)CC1. The molecule has 1 atom stereocenters. The van der Waals surface area contributed by atoms with E-state index in [0.29, 0.717) is 25.4 Å². The van der Waals surface area contributed by atoms with Crippen LogP contribution < -0.4 is 10.3 Å². The molecule has 0 spiro atoms. The van der Waals surface area contributed by atoms with Crippen molar-refractivity contribution in [2.75, 3.05) is 18.8 Å². The van der Waals surface area contributed by atoms with E-state index in [2.05, 4.69) is 15.0 Å². The summed E-state index contributed by atoms with van der Waals surface area (Å²) in [5.74, 6) is 1.42. The summed E-state index contributed by atoms with van der Waals surface area (Å²) in [4.78, 5) is 40.4. The van der Waals surface area contributed by atoms with Crippen molar-refractivity contribution in [3.63, 3.8) is 0 Å². The van der Waals surface area contributed by atoms with Gasteiger partial charge in [0.15, 0.2) is 5.16 Å². The van der Waals surface area contributed by atoms with Crippen molar-refractivity contribution < 1.29 is 9.53 Å². The van der Waals surface area contributed by atoms with Crippen LogP contribution in [0.25, 0.3) is 0 Å². The van der Waals surface area contributed by atoms with Gasteiger partial charge in [-0.2, -0.15) is 0 Å². The Labute approximate surface area is 172 Å². The van der Waals surface area contributed by atoms with Crippen LogP contribution in [0.4, 0.5) is 0 Å². The topological polar surface area (TPSA) is 90.2 Å². The molecule has 1 unspecified atom stereocenters. The molecule has 4 heterocycles. The number of ether oxygens (including phenoxy) is 1. The lowest BCUT2D eigenvalue weighted by molar-refractivity contribution is -0.133. The molecule has 0 saturated carbocycles. The summed E-state index contributed by atoms with van der Waals surface area (Å²) in [7, 11) is 0. The summed E-state index contributed by atoms with van der Waals surface area (Å²) < 4.78 is 7.65. The number of likely N-dealkylation sites (tertiary alicyclic amines) is 1. The van der Waals surface area contributed by atoms with Crippen molar-refractivity contribution in [2.45, 2.75) is 55.8 Å². The minimum Gasteiger partial charge on any atom is -0.474 e. The quantitative estimate of drug-likeness (QED) is 0.704. The van der Waals surface area contributed by atoms with E-state index in [0.717, 1.165) is 54.3 Å². The molecule has 152 valence electrons. The van der Waals surface area contributed by atoms with E-state index in [1.165, 1.54) is 6.33 Å². The van der Waals surface area contributed by atoms with Crippen LogP contribution in [0.3, 0.4) is 0 Å². The van der Waals surface area contributed by atoms with Gasteiger partial charge in [-0.25, -0.2) is 15.0 Å². The highest BCUT2D eigenvalue weighted by atomic mass is 32.2. The lowest BCUT2D eigenvalue weighted by Crippen LogP contribution is -2.43. The highest BCUT2D eigenvalue weighted by Crippen LogP contribution is 2.34. The molecule has 2 aromatic rings. The molecule has 1 aliphatic carbocycles. The second-order valence-corrected chi connectivity index (χ2v) is 8.75. The number of carbonyl (C=O) groups is 1. The molecule has 0 bridgehead atoms. The van der Waals surface area contributed by atoms with Crippen LogP contribution in [0.1, 0.15) is 43.0 Å². The number of nitrogens with zero attached hydrogens (tertiary/aromatic N) is 5. The molecule has 5 rings (SSSR count). The van der Waals surface area contributed by atoms with Crippen LogP contribution in [0.5, 0.6) is 5.88 Å². The Bertz CT molecular complexity index is 972. The number of rotatable bonds is 4. The molecular formula is C20H23N5O3S. The summed E-state index contributed by atoms with van der Waals surface area (Å²) in [6.07, 6.45) is 7.82. The van der Waals surface area contributed by atoms with E-state index >= 15 is 0 Å². The lowest BCUT2D eigenvalue weighted by atomic mass is 10.1. The van der Waals surface area contributed by atoms with Gasteiger partial charge in [0.05, 0.1) is 11.7 Å². The minimum absolute atomic E-state index is 0.0612. The van der Waals surface area contributed by atoms with Crippen molar-refractivity contribution >= 4 is 17.7 Å². The number of piperidine rings is 1. The van der Waals surface area contributed by atoms with Gasteiger partial charge in [0.25, 0.3) is 5.56 Å². The van der Waals surface area contributed by atoms with Gasteiger partial charge in [0.1, 0.15) is 12.4 Å². The molecule has 2 aliphatic heterocycles. The summed E-state index contributed by atoms with van der Waals surface area (Å²) in [6, 6.07) is 1.65. The second-order valence-electron chi connectivity index (χ2n) is 7.76. The van der Waals surface area contributed by atoms with E-state index < -0.39 is 0 Å². The number of aromatic nitrogens is 4. The number of fused-ring (bicyclic) bond motifs is 2. The van der Waals surface area contributed by atoms with Crippen molar-refractivity contribution in [1.82, 2.24) is 24.4 Å². The molecule has 1 fully saturated rings. The maximum absolute atomic E-state index is 12.9. The Balaban J connectivity index is 1.20. The summed E-state index contributed by atoms with van der Waals surface area (Å²) in [5, 5.41) is 0.783. The molecule has 0 radical (unpaired) electrons. The van der Waals surface area contributed by atoms with Crippen LogP contribution in [0, 0.1) is 0 Å². The zero-order valence-electron chi connectivity index (χ0n) is 16.1. The summed E-state index contributed by atoms with van der Waals surface area (Å²) in [5.41, 5.74) is 1.89. The van der Waals surface area contributed by atoms with Gasteiger partial charge in [-0.3, -0.25) is 14.2 Å². The minimum atomic E-state index is -0.0941. The Morgan fingerprint density at radius 1 is 1.28 bits per heavy atom. The van der Waals surface area contributed by atoms with Gasteiger partial charge in [-0.05, 0) is 19.3 Å². The first-order chi connectivity index (χ1) is 14.2. The standard InChI is InChI=1S/C20H23N5O3S/c26-18(24-8-5-14(6-9-24)28-17-4-7-21-12-22-17)10-13-11-29-20-23-16-3-1-2-15(16)19(27)25(13)20/h4,7,12-14H,1-3,5-6,8-11H2. The van der Waals surface area contributed by atoms with Crippen LogP contribution in [-0.2, 0) is 17.6 Å². The highest BCUT2D eigenvalue weighted by molar-refractivity contribution is 7.99. The molecule has 2 aromatic heterocycles. The number of thioether (sulfide) groups is 1. The largest absolute Gasteiger partial charge is 0.474 e. The molecule has 29 heavy (non-hydrogen) atoms. The second kappa shape index (κ2) is 7.78. The summed E-state index contributed by atoms with van der Waals surface area (Å²) >= 11 is 1.60. The predicted molar refractivity (Wildman–Crippen MR) is 107 cm³/mol. The monoisotopic (exact) mass is 413 g/mol. The van der Waals surface area contributed by atoms with E-state index in [1.54, 1.807) is 28.6 Å². The fraction of sp³-hybridized carbons (Fsp3) is 0.550. The van der Waals surface area contributed by atoms with E-state index in [4.69, 9.17) is 4.74 Å². The van der Waals surface area contributed by atoms with Crippen LogP contribution in [0.2, 0.25) is 0 Å². The lowest BCUT2D eigenvalue weighted by Gasteiger charge is -2.32. The van der Waals surface area contributed by atoms with E-state index in [9.17, 15) is 9.59 Å². The molecule has 3 aliphatic rings. The van der Waals surface area contributed by atoms with Gasteiger partial charge in [0.2, 0.25) is 11.8 Å². The highest BCUT2D eigenvalue weighted by Gasteiger charge is 2.33. The molecule has 0 N–H and O–H groups in total. The molecule has 0 aromatic carbocycles. The average molecular weight is 414 g/mol. The number of hydrogen-bond donors (Lipinski definition) is 0. The molecule has 8 nitrogen and oxygen atoms in total. The molecule has 1 saturated heterocycles. The third-order valence-corrected chi connectivity index (χ3v) is 7.02. The zero-order chi connectivity index (χ0) is 19.8. The zero-order valence-corrected chi connectivity index (χ0v) is 16.9. The van der Waals surface area contributed by atoms with E-state index in [1.807, 2.05) is 4.90 Å². The van der Waals surface area contributed by atoms with Gasteiger partial charge in [-0.1, -0.05) is 11.8 Å². The number of hydrogen-bond acceptors (Lipinski definition) is 7. The Morgan fingerprint density at radius 2 is 2.14 bits per heavy atom. The average Bonchev–Trinajstić information content (AvgIpc) is 3.37. The molecule has 1 amide bonds. The normalized spacial score (nSPS) is 21.1. The fourth-order valence-corrected chi connectivity index (χ4v) is 5.53. The van der Waals surface area contributed by atoms with Crippen molar-refractivity contribution in [1.29, 1.82) is 0 Å². The third-order valence-electron chi connectivity index (χ3n) is 5.92. The predicted octanol–water partition coefficient (Wildman–Crippen LogP) is 1.63. The maximum atomic E-state index is 12.9.